The van der Waals surface area contributed by atoms with Crippen LogP contribution in [0.5, 0.6) is 5.88 Å². The Bertz CT molecular complexity index is 1150. The zero-order valence-electron chi connectivity index (χ0n) is 13.2. The Morgan fingerprint density at radius 2 is 1.96 bits per heavy atom. The number of nitriles is 2. The number of H-pyrrole nitrogens is 1. The molecule has 3 aromatic rings. The number of azo groups is 1. The molecular formula is C15H9N9O2. The predicted octanol–water partition coefficient (Wildman–Crippen LogP) is 1.52. The second-order valence-corrected chi connectivity index (χ2v) is 4.92. The molecule has 3 aromatic heterocycles. The van der Waals surface area contributed by atoms with E-state index in [1.165, 1.54) is 30.2 Å². The summed E-state index contributed by atoms with van der Waals surface area (Å²) in [6, 6.07) is 5.30. The lowest BCUT2D eigenvalue weighted by molar-refractivity contribution is 0.449. The molecule has 0 saturated carbocycles. The van der Waals surface area contributed by atoms with E-state index in [9.17, 15) is 15.2 Å². The number of aromatic nitrogens is 5. The van der Waals surface area contributed by atoms with Crippen molar-refractivity contribution in [1.82, 2.24) is 24.7 Å². The van der Waals surface area contributed by atoms with Gasteiger partial charge in [-0.3, -0.25) is 9.78 Å². The van der Waals surface area contributed by atoms with Crippen molar-refractivity contribution in [2.45, 2.75) is 6.92 Å². The van der Waals surface area contributed by atoms with Gasteiger partial charge in [-0.15, -0.1) is 10.2 Å². The predicted molar refractivity (Wildman–Crippen MR) is 86.2 cm³/mol. The second-order valence-electron chi connectivity index (χ2n) is 4.92. The van der Waals surface area contributed by atoms with Gasteiger partial charge in [0.05, 0.1) is 6.20 Å². The van der Waals surface area contributed by atoms with Gasteiger partial charge in [0.15, 0.2) is 11.5 Å². The van der Waals surface area contributed by atoms with Gasteiger partial charge in [0.1, 0.15) is 23.3 Å². The molecule has 0 bridgehead atoms. The van der Waals surface area contributed by atoms with Crippen molar-refractivity contribution in [1.29, 1.82) is 10.5 Å². The number of pyridine rings is 1. The maximum atomic E-state index is 12.0. The first-order chi connectivity index (χ1) is 12.6. The Balaban J connectivity index is 2.14. The van der Waals surface area contributed by atoms with Crippen LogP contribution in [-0.4, -0.2) is 29.8 Å². The van der Waals surface area contributed by atoms with E-state index in [1.807, 2.05) is 6.07 Å². The van der Waals surface area contributed by atoms with Crippen molar-refractivity contribution in [3.63, 3.8) is 0 Å². The Morgan fingerprint density at radius 3 is 2.62 bits per heavy atom. The summed E-state index contributed by atoms with van der Waals surface area (Å²) in [6.07, 6.45) is 4.25. The van der Waals surface area contributed by atoms with E-state index in [1.54, 1.807) is 12.1 Å². The van der Waals surface area contributed by atoms with Crippen LogP contribution in [0.15, 0.2) is 39.7 Å². The first-order valence-corrected chi connectivity index (χ1v) is 7.10. The lowest BCUT2D eigenvalue weighted by Gasteiger charge is -2.03. The fraction of sp³-hybridized carbons (Fsp3) is 0.0667. The molecule has 0 fully saturated rings. The van der Waals surface area contributed by atoms with Gasteiger partial charge in [-0.2, -0.15) is 20.3 Å². The maximum absolute atomic E-state index is 12.0. The van der Waals surface area contributed by atoms with Crippen LogP contribution in [0.2, 0.25) is 0 Å². The minimum absolute atomic E-state index is 0.0177. The molecule has 0 atom stereocenters. The molecular weight excluding hydrogens is 338 g/mol. The number of hydrogen-bond acceptors (Lipinski definition) is 9. The number of rotatable bonds is 3. The van der Waals surface area contributed by atoms with E-state index in [-0.39, 0.29) is 34.1 Å². The Morgan fingerprint density at radius 1 is 1.23 bits per heavy atom. The Labute approximate surface area is 145 Å². The average Bonchev–Trinajstić information content (AvgIpc) is 3.05. The molecule has 2 N–H and O–H groups in total. The SMILES string of the molecule is Cc1c(C#N)c(O)[nH]c(=O)c1N=Nc1c(C#N)cnn1-c1ncccn1. The summed E-state index contributed by atoms with van der Waals surface area (Å²) in [6.45, 7) is 1.45. The molecule has 0 amide bonds. The number of hydrogen-bond donors (Lipinski definition) is 2. The molecule has 0 aliphatic heterocycles. The largest absolute Gasteiger partial charge is 0.494 e. The van der Waals surface area contributed by atoms with E-state index < -0.39 is 11.4 Å². The van der Waals surface area contributed by atoms with Gasteiger partial charge in [-0.05, 0) is 13.0 Å². The maximum Gasteiger partial charge on any atom is 0.278 e. The van der Waals surface area contributed by atoms with Crippen LogP contribution in [0, 0.1) is 29.6 Å². The van der Waals surface area contributed by atoms with Gasteiger partial charge in [0, 0.05) is 18.0 Å². The normalized spacial score (nSPS) is 10.6. The van der Waals surface area contributed by atoms with E-state index in [4.69, 9.17) is 5.26 Å². The molecule has 0 saturated heterocycles. The molecule has 0 radical (unpaired) electrons. The van der Waals surface area contributed by atoms with E-state index in [0.29, 0.717) is 0 Å². The van der Waals surface area contributed by atoms with Crippen LogP contribution < -0.4 is 5.56 Å². The third-order valence-electron chi connectivity index (χ3n) is 3.38. The van der Waals surface area contributed by atoms with Crippen molar-refractivity contribution in [2.24, 2.45) is 10.2 Å². The molecule has 126 valence electrons. The Kier molecular flexibility index (Phi) is 4.20. The fourth-order valence-corrected chi connectivity index (χ4v) is 2.11. The molecule has 0 spiro atoms. The molecule has 3 heterocycles. The summed E-state index contributed by atoms with van der Waals surface area (Å²) in [5, 5.41) is 39.6. The van der Waals surface area contributed by atoms with Gasteiger partial charge >= 0.3 is 0 Å². The van der Waals surface area contributed by atoms with Gasteiger partial charge in [-0.1, -0.05) is 0 Å². The summed E-state index contributed by atoms with van der Waals surface area (Å²) >= 11 is 0. The van der Waals surface area contributed by atoms with Crippen molar-refractivity contribution < 1.29 is 5.11 Å². The summed E-state index contributed by atoms with van der Waals surface area (Å²) in [5.74, 6) is -0.365. The smallest absolute Gasteiger partial charge is 0.278 e. The van der Waals surface area contributed by atoms with Gasteiger partial charge in [0.25, 0.3) is 11.5 Å². The molecule has 0 aliphatic carbocycles. The highest BCUT2D eigenvalue weighted by Crippen LogP contribution is 2.26. The molecule has 26 heavy (non-hydrogen) atoms. The number of nitrogens with zero attached hydrogens (tertiary/aromatic N) is 8. The van der Waals surface area contributed by atoms with E-state index in [2.05, 4.69) is 30.3 Å². The summed E-state index contributed by atoms with van der Waals surface area (Å²) in [7, 11) is 0. The average molecular weight is 347 g/mol. The zero-order valence-corrected chi connectivity index (χ0v) is 13.2. The quantitative estimate of drug-likeness (QED) is 0.676. The minimum atomic E-state index is -0.733. The summed E-state index contributed by atoms with van der Waals surface area (Å²) < 4.78 is 1.19. The summed E-state index contributed by atoms with van der Waals surface area (Å²) in [5.41, 5.74) is -0.792. The zero-order chi connectivity index (χ0) is 18.7. The number of aromatic amines is 1. The Hall–Kier alpha value is -4.38. The highest BCUT2D eigenvalue weighted by Gasteiger charge is 2.16. The topological polar surface area (TPSA) is 169 Å². The van der Waals surface area contributed by atoms with Crippen LogP contribution in [0.1, 0.15) is 16.7 Å². The minimum Gasteiger partial charge on any atom is -0.494 e. The third kappa shape index (κ3) is 2.76. The first kappa shape index (κ1) is 16.5. The molecule has 0 aromatic carbocycles. The molecule has 0 unspecified atom stereocenters. The van der Waals surface area contributed by atoms with Crippen LogP contribution >= 0.6 is 0 Å². The van der Waals surface area contributed by atoms with Crippen LogP contribution in [0.4, 0.5) is 11.5 Å². The highest BCUT2D eigenvalue weighted by molar-refractivity contribution is 5.56. The first-order valence-electron chi connectivity index (χ1n) is 7.10. The van der Waals surface area contributed by atoms with Crippen LogP contribution in [-0.2, 0) is 0 Å². The van der Waals surface area contributed by atoms with Crippen molar-refractivity contribution in [2.75, 3.05) is 0 Å². The molecule has 3 rings (SSSR count). The van der Waals surface area contributed by atoms with Gasteiger partial charge in [-0.25, -0.2) is 9.97 Å². The van der Waals surface area contributed by atoms with Gasteiger partial charge < -0.3 is 5.11 Å². The number of aromatic hydroxyl groups is 1. The van der Waals surface area contributed by atoms with Crippen molar-refractivity contribution >= 4 is 11.5 Å². The molecule has 0 aliphatic rings. The van der Waals surface area contributed by atoms with Crippen LogP contribution in [0.25, 0.3) is 5.95 Å². The lowest BCUT2D eigenvalue weighted by Crippen LogP contribution is -2.08. The second kappa shape index (κ2) is 6.62. The van der Waals surface area contributed by atoms with E-state index in [0.717, 1.165) is 0 Å². The standard InChI is InChI=1S/C15H9N9O2/c1-8-10(6-17)13(25)21-14(26)11(8)22-23-12-9(5-16)7-20-24(12)15-18-3-2-4-19-15/h2-4,7H,1H3,(H2,21,25,26). The van der Waals surface area contributed by atoms with Crippen LogP contribution in [0.3, 0.4) is 0 Å². The molecule has 11 heteroatoms. The van der Waals surface area contributed by atoms with Gasteiger partial charge in [0.2, 0.25) is 5.88 Å². The lowest BCUT2D eigenvalue weighted by atomic mass is 10.1. The third-order valence-corrected chi connectivity index (χ3v) is 3.38. The number of nitrogens with one attached hydrogen (secondary N) is 1. The van der Waals surface area contributed by atoms with E-state index >= 15 is 0 Å². The fourth-order valence-electron chi connectivity index (χ4n) is 2.11. The summed E-state index contributed by atoms with van der Waals surface area (Å²) in [4.78, 5) is 22.2. The van der Waals surface area contributed by atoms with Crippen molar-refractivity contribution in [3.05, 3.63) is 51.7 Å². The highest BCUT2D eigenvalue weighted by atomic mass is 16.3. The molecule has 11 nitrogen and oxygen atoms in total. The van der Waals surface area contributed by atoms with Crippen molar-refractivity contribution in [3.8, 4) is 24.0 Å². The monoisotopic (exact) mass is 347 g/mol.